The number of para-hydroxylation sites is 1. The summed E-state index contributed by atoms with van der Waals surface area (Å²) >= 11 is 3.58. The van der Waals surface area contributed by atoms with Gasteiger partial charge in [0.25, 0.3) is 0 Å². The van der Waals surface area contributed by atoms with Gasteiger partial charge < -0.3 is 4.57 Å². The van der Waals surface area contributed by atoms with Crippen molar-refractivity contribution in [1.82, 2.24) is 4.57 Å². The average molecular weight is 341 g/mol. The summed E-state index contributed by atoms with van der Waals surface area (Å²) in [4.78, 5) is 7.48. The second-order valence-electron chi connectivity index (χ2n) is 6.09. The lowest BCUT2D eigenvalue weighted by Gasteiger charge is -2.15. The van der Waals surface area contributed by atoms with Crippen LogP contribution in [0.1, 0.15) is 37.3 Å². The summed E-state index contributed by atoms with van der Waals surface area (Å²) in [6, 6.07) is 13.3. The van der Waals surface area contributed by atoms with Crippen molar-refractivity contribution >= 4 is 28.4 Å². The van der Waals surface area contributed by atoms with Gasteiger partial charge in [-0.15, -0.1) is 22.7 Å². The molecule has 0 aliphatic heterocycles. The van der Waals surface area contributed by atoms with E-state index in [-0.39, 0.29) is 0 Å². The molecule has 23 heavy (non-hydrogen) atoms. The molecule has 0 amide bonds. The first-order valence-corrected chi connectivity index (χ1v) is 9.93. The van der Waals surface area contributed by atoms with Crippen molar-refractivity contribution < 1.29 is 0 Å². The van der Waals surface area contributed by atoms with Crippen LogP contribution in [0, 0.1) is 6.92 Å². The second-order valence-corrected chi connectivity index (χ2v) is 7.87. The highest BCUT2D eigenvalue weighted by molar-refractivity contribution is 7.14. The minimum Gasteiger partial charge on any atom is -0.313 e. The summed E-state index contributed by atoms with van der Waals surface area (Å²) in [7, 11) is 0. The van der Waals surface area contributed by atoms with Crippen LogP contribution in [0.5, 0.6) is 0 Å². The first-order chi connectivity index (χ1) is 11.3. The molecule has 1 saturated carbocycles. The molecule has 0 radical (unpaired) electrons. The van der Waals surface area contributed by atoms with Gasteiger partial charge in [-0.3, -0.25) is 0 Å². The van der Waals surface area contributed by atoms with Gasteiger partial charge in [0.1, 0.15) is 0 Å². The Hall–Kier alpha value is -1.65. The Morgan fingerprint density at radius 1 is 1.04 bits per heavy atom. The van der Waals surface area contributed by atoms with E-state index in [2.05, 4.69) is 58.6 Å². The third-order valence-electron chi connectivity index (χ3n) is 4.54. The smallest absolute Gasteiger partial charge is 0.190 e. The molecule has 0 spiro atoms. The van der Waals surface area contributed by atoms with Crippen molar-refractivity contribution in [3.05, 3.63) is 57.5 Å². The van der Waals surface area contributed by atoms with Crippen LogP contribution in [0.3, 0.4) is 0 Å². The van der Waals surface area contributed by atoms with E-state index in [1.165, 1.54) is 41.8 Å². The molecule has 0 bridgehead atoms. The summed E-state index contributed by atoms with van der Waals surface area (Å²) in [6.45, 7) is 2.13. The third-order valence-corrected chi connectivity index (χ3v) is 6.27. The number of rotatable bonds is 3. The molecule has 118 valence electrons. The minimum absolute atomic E-state index is 0.598. The lowest BCUT2D eigenvalue weighted by Crippen LogP contribution is -2.19. The van der Waals surface area contributed by atoms with Crippen molar-refractivity contribution in [3.63, 3.8) is 0 Å². The van der Waals surface area contributed by atoms with Gasteiger partial charge in [0, 0.05) is 11.4 Å². The number of hydrogen-bond acceptors (Lipinski definition) is 3. The monoisotopic (exact) mass is 340 g/mol. The Balaban J connectivity index is 1.88. The van der Waals surface area contributed by atoms with Gasteiger partial charge in [0.2, 0.25) is 0 Å². The van der Waals surface area contributed by atoms with E-state index >= 15 is 0 Å². The van der Waals surface area contributed by atoms with Gasteiger partial charge >= 0.3 is 0 Å². The molecule has 0 saturated heterocycles. The van der Waals surface area contributed by atoms with Crippen LogP contribution < -0.4 is 4.80 Å². The molecule has 1 aliphatic rings. The maximum absolute atomic E-state index is 5.00. The Kier molecular flexibility index (Phi) is 4.19. The summed E-state index contributed by atoms with van der Waals surface area (Å²) in [5.74, 6) is 0. The predicted octanol–water partition coefficient (Wildman–Crippen LogP) is 5.93. The minimum atomic E-state index is 0.598. The van der Waals surface area contributed by atoms with Gasteiger partial charge in [0.15, 0.2) is 4.80 Å². The number of benzene rings is 1. The van der Waals surface area contributed by atoms with E-state index in [1.54, 1.807) is 11.3 Å². The number of aromatic nitrogens is 1. The number of thiazole rings is 1. The Morgan fingerprint density at radius 2 is 1.87 bits per heavy atom. The molecule has 3 aromatic rings. The quantitative estimate of drug-likeness (QED) is 0.562. The van der Waals surface area contributed by atoms with Crippen molar-refractivity contribution in [1.29, 1.82) is 0 Å². The van der Waals surface area contributed by atoms with E-state index < -0.39 is 0 Å². The van der Waals surface area contributed by atoms with Crippen LogP contribution in [0.2, 0.25) is 0 Å². The third kappa shape index (κ3) is 2.93. The van der Waals surface area contributed by atoms with Crippen LogP contribution in [-0.4, -0.2) is 4.57 Å². The van der Waals surface area contributed by atoms with Crippen molar-refractivity contribution in [2.45, 2.75) is 38.6 Å². The molecule has 4 heteroatoms. The molecule has 0 atom stereocenters. The fourth-order valence-corrected chi connectivity index (χ4v) is 5.10. The number of aryl methyl sites for hydroxylation is 1. The van der Waals surface area contributed by atoms with Crippen LogP contribution in [-0.2, 0) is 0 Å². The Bertz CT molecular complexity index is 850. The van der Waals surface area contributed by atoms with E-state index in [9.17, 15) is 0 Å². The molecule has 1 fully saturated rings. The van der Waals surface area contributed by atoms with E-state index in [0.29, 0.717) is 6.04 Å². The molecule has 0 N–H and O–H groups in total. The standard InChI is InChI=1S/C19H20N2S2/c1-14-7-2-5-10-16(14)20-19-21(15-8-3-4-9-15)17(13-23-19)18-11-6-12-22-18/h2,5-7,10-13,15H,3-4,8-9H2,1H3. The van der Waals surface area contributed by atoms with E-state index in [0.717, 1.165) is 10.5 Å². The number of nitrogens with zero attached hydrogens (tertiary/aromatic N) is 2. The molecular weight excluding hydrogens is 320 g/mol. The van der Waals surface area contributed by atoms with Crippen molar-refractivity contribution in [2.24, 2.45) is 4.99 Å². The molecule has 2 heterocycles. The van der Waals surface area contributed by atoms with Crippen LogP contribution in [0.4, 0.5) is 5.69 Å². The number of thiophene rings is 1. The second kappa shape index (κ2) is 6.46. The first kappa shape index (κ1) is 14.9. The maximum Gasteiger partial charge on any atom is 0.190 e. The van der Waals surface area contributed by atoms with Gasteiger partial charge in [0.05, 0.1) is 16.3 Å². The number of hydrogen-bond donors (Lipinski definition) is 0. The average Bonchev–Trinajstić information content (AvgIpc) is 3.30. The topological polar surface area (TPSA) is 17.3 Å². The Labute approximate surface area is 144 Å². The zero-order valence-corrected chi connectivity index (χ0v) is 14.9. The highest BCUT2D eigenvalue weighted by atomic mass is 32.1. The lowest BCUT2D eigenvalue weighted by molar-refractivity contribution is 0.512. The Morgan fingerprint density at radius 3 is 2.61 bits per heavy atom. The van der Waals surface area contributed by atoms with Crippen molar-refractivity contribution in [2.75, 3.05) is 0 Å². The fourth-order valence-electron chi connectivity index (χ4n) is 3.31. The van der Waals surface area contributed by atoms with Crippen LogP contribution >= 0.6 is 22.7 Å². The van der Waals surface area contributed by atoms with Crippen LogP contribution in [0.15, 0.2) is 52.2 Å². The molecular formula is C19H20N2S2. The van der Waals surface area contributed by atoms with Gasteiger partial charge in [-0.25, -0.2) is 4.99 Å². The summed E-state index contributed by atoms with van der Waals surface area (Å²) in [6.07, 6.45) is 5.22. The summed E-state index contributed by atoms with van der Waals surface area (Å²) in [5.41, 5.74) is 3.65. The maximum atomic E-state index is 5.00. The fraction of sp³-hybridized carbons (Fsp3) is 0.316. The molecule has 1 aromatic carbocycles. The highest BCUT2D eigenvalue weighted by Gasteiger charge is 2.21. The largest absolute Gasteiger partial charge is 0.313 e. The molecule has 2 nitrogen and oxygen atoms in total. The SMILES string of the molecule is Cc1ccccc1N=c1scc(-c2cccs2)n1C1CCCC1. The molecule has 0 unspecified atom stereocenters. The van der Waals surface area contributed by atoms with E-state index in [4.69, 9.17) is 4.99 Å². The van der Waals surface area contributed by atoms with Gasteiger partial charge in [-0.1, -0.05) is 37.1 Å². The molecule has 1 aliphatic carbocycles. The molecule has 2 aromatic heterocycles. The zero-order valence-electron chi connectivity index (χ0n) is 13.2. The van der Waals surface area contributed by atoms with Crippen LogP contribution in [0.25, 0.3) is 10.6 Å². The van der Waals surface area contributed by atoms with Crippen molar-refractivity contribution in [3.8, 4) is 10.6 Å². The van der Waals surface area contributed by atoms with E-state index in [1.807, 2.05) is 11.3 Å². The lowest BCUT2D eigenvalue weighted by atomic mass is 10.2. The molecule has 4 rings (SSSR count). The van der Waals surface area contributed by atoms with Gasteiger partial charge in [-0.2, -0.15) is 0 Å². The zero-order chi connectivity index (χ0) is 15.6. The predicted molar refractivity (Wildman–Crippen MR) is 99.5 cm³/mol. The summed E-state index contributed by atoms with van der Waals surface area (Å²) in [5, 5.41) is 4.44. The normalized spacial score (nSPS) is 16.3. The highest BCUT2D eigenvalue weighted by Crippen LogP contribution is 2.35. The first-order valence-electron chi connectivity index (χ1n) is 8.17. The summed E-state index contributed by atoms with van der Waals surface area (Å²) < 4.78 is 2.50. The van der Waals surface area contributed by atoms with Gasteiger partial charge in [-0.05, 0) is 42.8 Å².